The number of anilines is 4. The van der Waals surface area contributed by atoms with Crippen LogP contribution >= 0.6 is 11.3 Å². The Morgan fingerprint density at radius 2 is 1.81 bits per heavy atom. The van der Waals surface area contributed by atoms with Gasteiger partial charge in [0.2, 0.25) is 16.0 Å². The Balaban J connectivity index is 1.26. The average molecular weight is 535 g/mol. The predicted molar refractivity (Wildman–Crippen MR) is 153 cm³/mol. The number of nitrogens with one attached hydrogen (secondary N) is 1. The molecule has 0 unspecified atom stereocenters. The Kier molecular flexibility index (Phi) is 6.48. The predicted octanol–water partition coefficient (Wildman–Crippen LogP) is 4.78. The Hall–Kier alpha value is -3.21. The van der Waals surface area contributed by atoms with Gasteiger partial charge in [0.05, 0.1) is 27.9 Å². The van der Waals surface area contributed by atoms with Gasteiger partial charge in [-0.2, -0.15) is 0 Å². The molecule has 2 aromatic carbocycles. The smallest absolute Gasteiger partial charge is 0.235 e. The van der Waals surface area contributed by atoms with Crippen molar-refractivity contribution < 1.29 is 8.42 Å². The van der Waals surface area contributed by atoms with E-state index in [1.807, 2.05) is 36.5 Å². The fourth-order valence-electron chi connectivity index (χ4n) is 5.08. The third-order valence-electron chi connectivity index (χ3n) is 7.15. The van der Waals surface area contributed by atoms with E-state index in [0.717, 1.165) is 59.8 Å². The monoisotopic (exact) mass is 534 g/mol. The van der Waals surface area contributed by atoms with Crippen molar-refractivity contribution in [2.45, 2.75) is 13.3 Å². The molecule has 8 nitrogen and oxygen atoms in total. The van der Waals surface area contributed by atoms with Gasteiger partial charge in [-0.15, -0.1) is 11.3 Å². The third-order valence-corrected chi connectivity index (χ3v) is 9.92. The highest BCUT2D eigenvalue weighted by atomic mass is 32.2. The number of benzene rings is 2. The zero-order valence-electron chi connectivity index (χ0n) is 20.8. The van der Waals surface area contributed by atoms with Crippen molar-refractivity contribution in [3.8, 4) is 11.1 Å². The van der Waals surface area contributed by atoms with E-state index in [9.17, 15) is 8.42 Å². The summed E-state index contributed by atoms with van der Waals surface area (Å²) >= 11 is 1.59. The number of fused-ring (bicyclic) bond motifs is 1. The largest absolute Gasteiger partial charge is 0.369 e. The molecular formula is C27H30N6O2S2. The lowest BCUT2D eigenvalue weighted by atomic mass is 10.1. The molecule has 2 fully saturated rings. The number of aromatic nitrogens is 2. The highest BCUT2D eigenvalue weighted by Gasteiger charge is 2.28. The molecule has 2 saturated heterocycles. The van der Waals surface area contributed by atoms with Gasteiger partial charge in [-0.05, 0) is 48.9 Å². The molecule has 0 radical (unpaired) electrons. The maximum Gasteiger partial charge on any atom is 0.235 e. The molecule has 0 aliphatic carbocycles. The summed E-state index contributed by atoms with van der Waals surface area (Å²) in [5.74, 6) is 0.746. The number of likely N-dealkylation sites (N-methyl/N-ethyl adjacent to an activating group) is 1. The summed E-state index contributed by atoms with van der Waals surface area (Å²) in [6.07, 6.45) is 2.51. The summed E-state index contributed by atoms with van der Waals surface area (Å²) < 4.78 is 27.4. The van der Waals surface area contributed by atoms with Gasteiger partial charge in [0.15, 0.2) is 0 Å². The van der Waals surface area contributed by atoms with E-state index in [1.165, 1.54) is 9.99 Å². The number of piperazine rings is 1. The van der Waals surface area contributed by atoms with Crippen LogP contribution in [0.15, 0.2) is 60.1 Å². The highest BCUT2D eigenvalue weighted by molar-refractivity contribution is 7.93. The first kappa shape index (κ1) is 24.1. The third kappa shape index (κ3) is 4.88. The molecule has 2 aliphatic heterocycles. The van der Waals surface area contributed by atoms with E-state index in [0.29, 0.717) is 24.6 Å². The molecule has 2 aliphatic rings. The van der Waals surface area contributed by atoms with Crippen LogP contribution in [-0.4, -0.2) is 68.3 Å². The number of rotatable bonds is 6. The van der Waals surface area contributed by atoms with Crippen LogP contribution in [0, 0.1) is 0 Å². The molecule has 0 amide bonds. The zero-order valence-corrected chi connectivity index (χ0v) is 22.4. The normalized spacial score (nSPS) is 18.0. The van der Waals surface area contributed by atoms with E-state index in [2.05, 4.69) is 50.6 Å². The van der Waals surface area contributed by atoms with Gasteiger partial charge >= 0.3 is 0 Å². The summed E-state index contributed by atoms with van der Waals surface area (Å²) in [7, 11) is -3.23. The maximum atomic E-state index is 12.4. The fourth-order valence-corrected chi connectivity index (χ4v) is 7.51. The van der Waals surface area contributed by atoms with Crippen LogP contribution in [0.4, 0.5) is 23.0 Å². The second kappa shape index (κ2) is 9.92. The molecule has 37 heavy (non-hydrogen) atoms. The van der Waals surface area contributed by atoms with Gasteiger partial charge < -0.3 is 15.1 Å². The van der Waals surface area contributed by atoms with Crippen LogP contribution in [0.5, 0.6) is 0 Å². The van der Waals surface area contributed by atoms with E-state index in [4.69, 9.17) is 4.98 Å². The standard InChI is InChI=1S/C27H30N6O2S2/c1-2-31-11-13-32(14-12-31)22-8-4-7-21(17-22)29-27-28-18-25-26(30-27)24(19-36-25)20-6-3-9-23(16-20)33-10-5-15-37(33,34)35/h3-4,6-9,16-19H,2,5,10-15H2,1H3,(H,28,29,30). The van der Waals surface area contributed by atoms with E-state index in [1.54, 1.807) is 11.3 Å². The van der Waals surface area contributed by atoms with E-state index >= 15 is 0 Å². The van der Waals surface area contributed by atoms with Crippen molar-refractivity contribution in [2.75, 3.05) is 59.5 Å². The average Bonchev–Trinajstić information content (AvgIpc) is 3.51. The van der Waals surface area contributed by atoms with E-state index < -0.39 is 10.0 Å². The molecule has 10 heteroatoms. The van der Waals surface area contributed by atoms with E-state index in [-0.39, 0.29) is 5.75 Å². The van der Waals surface area contributed by atoms with Crippen LogP contribution in [0.1, 0.15) is 13.3 Å². The maximum absolute atomic E-state index is 12.4. The molecule has 4 heterocycles. The first-order chi connectivity index (χ1) is 18.0. The summed E-state index contributed by atoms with van der Waals surface area (Å²) in [4.78, 5) is 14.3. The van der Waals surface area contributed by atoms with Gasteiger partial charge in [-0.25, -0.2) is 18.4 Å². The molecule has 192 valence electrons. The topological polar surface area (TPSA) is 81.7 Å². The number of hydrogen-bond donors (Lipinski definition) is 1. The molecular weight excluding hydrogens is 504 g/mol. The minimum atomic E-state index is -3.23. The lowest BCUT2D eigenvalue weighted by Crippen LogP contribution is -2.46. The van der Waals surface area contributed by atoms with Crippen molar-refractivity contribution in [1.29, 1.82) is 0 Å². The Bertz CT molecular complexity index is 1530. The van der Waals surface area contributed by atoms with Crippen LogP contribution in [0.3, 0.4) is 0 Å². The number of hydrogen-bond acceptors (Lipinski definition) is 8. The Morgan fingerprint density at radius 1 is 1.00 bits per heavy atom. The van der Waals surface area contributed by atoms with Gasteiger partial charge in [0.25, 0.3) is 0 Å². The van der Waals surface area contributed by atoms with Crippen molar-refractivity contribution in [1.82, 2.24) is 14.9 Å². The van der Waals surface area contributed by atoms with Gasteiger partial charge in [0.1, 0.15) is 0 Å². The SMILES string of the molecule is CCN1CCN(c2cccc(Nc3ncc4scc(-c5cccc(N6CCCS6(=O)=O)c5)c4n3)c2)CC1. The summed E-state index contributed by atoms with van der Waals surface area (Å²) in [5.41, 5.74) is 5.64. The van der Waals surface area contributed by atoms with Crippen LogP contribution in [0.25, 0.3) is 21.3 Å². The number of nitrogens with zero attached hydrogens (tertiary/aromatic N) is 5. The molecule has 6 rings (SSSR count). The highest BCUT2D eigenvalue weighted by Crippen LogP contribution is 2.36. The molecule has 0 saturated carbocycles. The minimum Gasteiger partial charge on any atom is -0.369 e. The van der Waals surface area contributed by atoms with Crippen molar-refractivity contribution >= 4 is 54.6 Å². The van der Waals surface area contributed by atoms with Crippen molar-refractivity contribution in [3.63, 3.8) is 0 Å². The molecule has 4 aromatic rings. The summed E-state index contributed by atoms with van der Waals surface area (Å²) in [6.45, 7) is 8.05. The molecule has 1 N–H and O–H groups in total. The molecule has 0 atom stereocenters. The minimum absolute atomic E-state index is 0.205. The summed E-state index contributed by atoms with van der Waals surface area (Å²) in [6, 6.07) is 16.1. The first-order valence-corrected chi connectivity index (χ1v) is 15.2. The summed E-state index contributed by atoms with van der Waals surface area (Å²) in [5, 5.41) is 5.46. The van der Waals surface area contributed by atoms with Gasteiger partial charge in [0, 0.05) is 55.0 Å². The van der Waals surface area contributed by atoms with Crippen molar-refractivity contribution in [3.05, 3.63) is 60.1 Å². The lowest BCUT2D eigenvalue weighted by molar-refractivity contribution is 0.271. The first-order valence-electron chi connectivity index (χ1n) is 12.7. The fraction of sp³-hybridized carbons (Fsp3) is 0.333. The second-order valence-corrected chi connectivity index (χ2v) is 12.4. The second-order valence-electron chi connectivity index (χ2n) is 9.44. The zero-order chi connectivity index (χ0) is 25.4. The number of thiophene rings is 1. The quantitative estimate of drug-likeness (QED) is 0.381. The Labute approximate surface area is 221 Å². The number of sulfonamides is 1. The van der Waals surface area contributed by atoms with Gasteiger partial charge in [-0.1, -0.05) is 25.1 Å². The van der Waals surface area contributed by atoms with Crippen molar-refractivity contribution in [2.24, 2.45) is 0 Å². The Morgan fingerprint density at radius 3 is 2.59 bits per heavy atom. The van der Waals surface area contributed by atoms with Gasteiger partial charge in [-0.3, -0.25) is 4.31 Å². The van der Waals surface area contributed by atoms with Crippen LogP contribution in [0.2, 0.25) is 0 Å². The molecule has 2 aromatic heterocycles. The molecule has 0 bridgehead atoms. The van der Waals surface area contributed by atoms with Crippen LogP contribution in [-0.2, 0) is 10.0 Å². The lowest BCUT2D eigenvalue weighted by Gasteiger charge is -2.35. The van der Waals surface area contributed by atoms with Crippen LogP contribution < -0.4 is 14.5 Å². The molecule has 0 spiro atoms.